The molecule has 0 bridgehead atoms. The van der Waals surface area contributed by atoms with Gasteiger partial charge in [-0.2, -0.15) is 0 Å². The maximum absolute atomic E-state index is 12.1. The molecule has 26 heavy (non-hydrogen) atoms. The van der Waals surface area contributed by atoms with Crippen LogP contribution in [0.5, 0.6) is 11.5 Å². The largest absolute Gasteiger partial charge is 0.480 e. The summed E-state index contributed by atoms with van der Waals surface area (Å²) in [7, 11) is 0. The lowest BCUT2D eigenvalue weighted by Gasteiger charge is -2.11. The number of thiazole rings is 1. The van der Waals surface area contributed by atoms with E-state index in [9.17, 15) is 9.59 Å². The lowest BCUT2D eigenvalue weighted by atomic mass is 10.2. The molecule has 1 atom stereocenters. The first kappa shape index (κ1) is 17.9. The zero-order valence-electron chi connectivity index (χ0n) is 14.1. The number of amides is 1. The predicted molar refractivity (Wildman–Crippen MR) is 96.4 cm³/mol. The van der Waals surface area contributed by atoms with Crippen LogP contribution in [-0.4, -0.2) is 34.8 Å². The van der Waals surface area contributed by atoms with E-state index in [2.05, 4.69) is 10.3 Å². The van der Waals surface area contributed by atoms with Crippen molar-refractivity contribution in [2.24, 2.45) is 0 Å². The van der Waals surface area contributed by atoms with E-state index >= 15 is 0 Å². The molecule has 1 aliphatic heterocycles. The fraction of sp³-hybridized carbons (Fsp3) is 0.278. The second-order valence-corrected chi connectivity index (χ2v) is 6.51. The number of carboxylic acid groups (broad SMARTS) is 1. The highest BCUT2D eigenvalue weighted by Gasteiger charge is 2.20. The van der Waals surface area contributed by atoms with Crippen LogP contribution in [0.2, 0.25) is 0 Å². The minimum absolute atomic E-state index is 0.0284. The van der Waals surface area contributed by atoms with Crippen LogP contribution in [0.4, 0.5) is 0 Å². The van der Waals surface area contributed by atoms with Crippen molar-refractivity contribution in [3.05, 3.63) is 41.4 Å². The van der Waals surface area contributed by atoms with Crippen molar-refractivity contribution < 1.29 is 24.2 Å². The van der Waals surface area contributed by atoms with E-state index in [-0.39, 0.29) is 25.5 Å². The summed E-state index contributed by atoms with van der Waals surface area (Å²) in [6.07, 6.45) is 3.73. The third-order valence-electron chi connectivity index (χ3n) is 3.75. The van der Waals surface area contributed by atoms with Gasteiger partial charge in [-0.25, -0.2) is 9.78 Å². The molecule has 1 unspecified atom stereocenters. The summed E-state index contributed by atoms with van der Waals surface area (Å²) < 4.78 is 10.6. The van der Waals surface area contributed by atoms with Gasteiger partial charge in [0.15, 0.2) is 11.5 Å². The number of nitrogens with zero attached hydrogens (tertiary/aromatic N) is 1. The number of aliphatic carboxylic acids is 1. The Kier molecular flexibility index (Phi) is 5.52. The smallest absolute Gasteiger partial charge is 0.326 e. The molecular formula is C18H18N2O5S. The first-order valence-corrected chi connectivity index (χ1v) is 8.92. The number of hydrogen-bond acceptors (Lipinski definition) is 6. The molecule has 2 heterocycles. The lowest BCUT2D eigenvalue weighted by Crippen LogP contribution is -2.41. The number of aromatic nitrogens is 1. The highest BCUT2D eigenvalue weighted by Crippen LogP contribution is 2.36. The molecule has 0 spiro atoms. The molecule has 136 valence electrons. The number of nitrogens with one attached hydrogen (secondary N) is 1. The van der Waals surface area contributed by atoms with Gasteiger partial charge < -0.3 is 19.9 Å². The van der Waals surface area contributed by atoms with Gasteiger partial charge in [0.05, 0.1) is 12.1 Å². The number of hydrogen-bond donors (Lipinski definition) is 2. The van der Waals surface area contributed by atoms with Crippen LogP contribution in [0.25, 0.3) is 10.6 Å². The number of benzene rings is 1. The van der Waals surface area contributed by atoms with Crippen LogP contribution in [-0.2, 0) is 16.0 Å². The number of fused-ring (bicyclic) bond motifs is 1. The standard InChI is InChI=1S/C18H18N2O5S/c1-2-3-4-13(18(22)23)20-16(21)8-12-9-26-17(19-12)11-5-6-14-15(7-11)25-10-24-14/h2-3,5-7,9,13H,4,8,10H2,1H3,(H,20,21)(H,22,23)/b3-2+. The van der Waals surface area contributed by atoms with Crippen molar-refractivity contribution in [2.75, 3.05) is 6.79 Å². The van der Waals surface area contributed by atoms with E-state index in [1.165, 1.54) is 11.3 Å². The molecule has 1 aromatic carbocycles. The van der Waals surface area contributed by atoms with Gasteiger partial charge in [-0.15, -0.1) is 11.3 Å². The Labute approximate surface area is 154 Å². The molecule has 1 aromatic heterocycles. The zero-order chi connectivity index (χ0) is 18.5. The molecule has 0 saturated heterocycles. The lowest BCUT2D eigenvalue weighted by molar-refractivity contribution is -0.141. The second-order valence-electron chi connectivity index (χ2n) is 5.65. The van der Waals surface area contributed by atoms with Gasteiger partial charge in [-0.05, 0) is 31.5 Å². The normalized spacial score (nSPS) is 13.7. The van der Waals surface area contributed by atoms with Crippen LogP contribution < -0.4 is 14.8 Å². The highest BCUT2D eigenvalue weighted by atomic mass is 32.1. The summed E-state index contributed by atoms with van der Waals surface area (Å²) in [6, 6.07) is 4.62. The van der Waals surface area contributed by atoms with E-state index in [0.29, 0.717) is 17.2 Å². The Hall–Kier alpha value is -2.87. The zero-order valence-corrected chi connectivity index (χ0v) is 14.9. The summed E-state index contributed by atoms with van der Waals surface area (Å²) in [5.74, 6) is -0.0590. The van der Waals surface area contributed by atoms with Crippen molar-refractivity contribution in [3.8, 4) is 22.1 Å². The number of allylic oxidation sites excluding steroid dienone is 1. The monoisotopic (exact) mass is 374 g/mol. The third kappa shape index (κ3) is 4.20. The average molecular weight is 374 g/mol. The van der Waals surface area contributed by atoms with Gasteiger partial charge >= 0.3 is 5.97 Å². The SMILES string of the molecule is C/C=C/CC(NC(=O)Cc1csc(-c2ccc3c(c2)OCO3)n1)C(=O)O. The molecule has 0 fully saturated rings. The fourth-order valence-corrected chi connectivity index (χ4v) is 3.27. The van der Waals surface area contributed by atoms with E-state index in [1.807, 2.05) is 18.2 Å². The molecule has 1 amide bonds. The molecule has 0 radical (unpaired) electrons. The molecule has 0 aliphatic carbocycles. The van der Waals surface area contributed by atoms with Crippen LogP contribution in [0.15, 0.2) is 35.7 Å². The Balaban J connectivity index is 1.64. The van der Waals surface area contributed by atoms with Gasteiger partial charge in [0.25, 0.3) is 0 Å². The number of ether oxygens (including phenoxy) is 2. The number of rotatable bonds is 7. The Morgan fingerprint density at radius 2 is 2.19 bits per heavy atom. The Bertz CT molecular complexity index is 846. The third-order valence-corrected chi connectivity index (χ3v) is 4.69. The Morgan fingerprint density at radius 1 is 1.38 bits per heavy atom. The van der Waals surface area contributed by atoms with E-state index in [0.717, 1.165) is 10.6 Å². The molecule has 2 aromatic rings. The molecule has 3 rings (SSSR count). The van der Waals surface area contributed by atoms with Crippen LogP contribution in [0.3, 0.4) is 0 Å². The molecule has 1 aliphatic rings. The summed E-state index contributed by atoms with van der Waals surface area (Å²) in [5, 5.41) is 14.2. The predicted octanol–water partition coefficient (Wildman–Crippen LogP) is 2.62. The topological polar surface area (TPSA) is 97.8 Å². The molecule has 2 N–H and O–H groups in total. The van der Waals surface area contributed by atoms with E-state index in [1.54, 1.807) is 24.5 Å². The maximum Gasteiger partial charge on any atom is 0.326 e. The maximum atomic E-state index is 12.1. The quantitative estimate of drug-likeness (QED) is 0.723. The van der Waals surface area contributed by atoms with Crippen LogP contribution in [0, 0.1) is 0 Å². The highest BCUT2D eigenvalue weighted by molar-refractivity contribution is 7.13. The summed E-state index contributed by atoms with van der Waals surface area (Å²) >= 11 is 1.41. The number of carbonyl (C=O) groups is 2. The minimum Gasteiger partial charge on any atom is -0.480 e. The summed E-state index contributed by atoms with van der Waals surface area (Å²) in [4.78, 5) is 27.8. The van der Waals surface area contributed by atoms with Crippen LogP contribution >= 0.6 is 11.3 Å². The van der Waals surface area contributed by atoms with Crippen molar-refractivity contribution >= 4 is 23.2 Å². The van der Waals surface area contributed by atoms with Crippen molar-refractivity contribution in [2.45, 2.75) is 25.8 Å². The first-order chi connectivity index (χ1) is 12.6. The van der Waals surface area contributed by atoms with Gasteiger partial charge in [0, 0.05) is 10.9 Å². The summed E-state index contributed by atoms with van der Waals surface area (Å²) in [6.45, 7) is 2.01. The second kappa shape index (κ2) is 8.01. The van der Waals surface area contributed by atoms with Crippen molar-refractivity contribution in [1.82, 2.24) is 10.3 Å². The first-order valence-electron chi connectivity index (χ1n) is 8.04. The van der Waals surface area contributed by atoms with Crippen molar-refractivity contribution in [1.29, 1.82) is 0 Å². The number of carboxylic acids is 1. The van der Waals surface area contributed by atoms with Gasteiger partial charge in [-0.1, -0.05) is 12.2 Å². The van der Waals surface area contributed by atoms with Gasteiger partial charge in [0.2, 0.25) is 12.7 Å². The number of carbonyl (C=O) groups excluding carboxylic acids is 1. The molecule has 8 heteroatoms. The molecular weight excluding hydrogens is 356 g/mol. The minimum atomic E-state index is -1.06. The summed E-state index contributed by atoms with van der Waals surface area (Å²) in [5.41, 5.74) is 1.47. The Morgan fingerprint density at radius 3 is 2.96 bits per heavy atom. The van der Waals surface area contributed by atoms with Crippen LogP contribution in [0.1, 0.15) is 19.0 Å². The molecule has 0 saturated carbocycles. The van der Waals surface area contributed by atoms with Gasteiger partial charge in [0.1, 0.15) is 11.0 Å². The van der Waals surface area contributed by atoms with E-state index < -0.39 is 12.0 Å². The van der Waals surface area contributed by atoms with Gasteiger partial charge in [-0.3, -0.25) is 4.79 Å². The average Bonchev–Trinajstić information content (AvgIpc) is 3.26. The fourth-order valence-electron chi connectivity index (χ4n) is 2.45. The van der Waals surface area contributed by atoms with E-state index in [4.69, 9.17) is 14.6 Å². The van der Waals surface area contributed by atoms with Crippen molar-refractivity contribution in [3.63, 3.8) is 0 Å². The molecule has 7 nitrogen and oxygen atoms in total.